The molecule has 0 unspecified atom stereocenters. The summed E-state index contributed by atoms with van der Waals surface area (Å²) in [5, 5.41) is 3.27. The van der Waals surface area contributed by atoms with E-state index in [0.29, 0.717) is 13.1 Å². The SMILES string of the molecule is CCCNCc1cccc(N2CC=C(C(F)(F)F)CC2)n1. The van der Waals surface area contributed by atoms with Crippen LogP contribution in [0.25, 0.3) is 0 Å². The van der Waals surface area contributed by atoms with Gasteiger partial charge in [0, 0.05) is 25.2 Å². The zero-order chi connectivity index (χ0) is 15.3. The summed E-state index contributed by atoms with van der Waals surface area (Å²) in [7, 11) is 0. The third-order valence-corrected chi connectivity index (χ3v) is 3.42. The van der Waals surface area contributed by atoms with E-state index in [1.807, 2.05) is 23.1 Å². The van der Waals surface area contributed by atoms with Crippen molar-refractivity contribution >= 4 is 5.82 Å². The second-order valence-electron chi connectivity index (χ2n) is 5.09. The van der Waals surface area contributed by atoms with Gasteiger partial charge in [-0.1, -0.05) is 19.1 Å². The van der Waals surface area contributed by atoms with Crippen LogP contribution in [0.1, 0.15) is 25.5 Å². The minimum absolute atomic E-state index is 0.0174. The molecule has 0 aromatic carbocycles. The molecule has 0 bridgehead atoms. The lowest BCUT2D eigenvalue weighted by molar-refractivity contribution is -0.0944. The standard InChI is InChI=1S/C15H20F3N3/c1-2-8-19-11-13-4-3-5-14(20-13)21-9-6-12(7-10-21)15(16,17)18/h3-6,19H,2,7-11H2,1H3. The van der Waals surface area contributed by atoms with Crippen molar-refractivity contribution in [3.8, 4) is 0 Å². The summed E-state index contributed by atoms with van der Waals surface area (Å²) >= 11 is 0. The third kappa shape index (κ3) is 4.46. The van der Waals surface area contributed by atoms with Crippen LogP contribution >= 0.6 is 0 Å². The van der Waals surface area contributed by atoms with Crippen LogP contribution in [0, 0.1) is 0 Å². The van der Waals surface area contributed by atoms with Gasteiger partial charge in [-0.15, -0.1) is 0 Å². The minimum Gasteiger partial charge on any atom is -0.353 e. The van der Waals surface area contributed by atoms with Crippen LogP contribution in [0.5, 0.6) is 0 Å². The number of hydrogen-bond donors (Lipinski definition) is 1. The first-order valence-electron chi connectivity index (χ1n) is 7.18. The van der Waals surface area contributed by atoms with Crippen LogP contribution in [0.4, 0.5) is 19.0 Å². The smallest absolute Gasteiger partial charge is 0.353 e. The molecule has 3 nitrogen and oxygen atoms in total. The van der Waals surface area contributed by atoms with Crippen molar-refractivity contribution in [3.05, 3.63) is 35.5 Å². The van der Waals surface area contributed by atoms with Gasteiger partial charge in [0.25, 0.3) is 0 Å². The summed E-state index contributed by atoms with van der Waals surface area (Å²) in [5.74, 6) is 0.739. The number of rotatable bonds is 5. The highest BCUT2D eigenvalue weighted by Crippen LogP contribution is 2.31. The van der Waals surface area contributed by atoms with Gasteiger partial charge in [0.05, 0.1) is 5.69 Å². The molecule has 1 aliphatic rings. The predicted octanol–water partition coefficient (Wildman–Crippen LogP) is 3.28. The fraction of sp³-hybridized carbons (Fsp3) is 0.533. The first-order valence-corrected chi connectivity index (χ1v) is 7.18. The molecule has 0 aliphatic carbocycles. The largest absolute Gasteiger partial charge is 0.412 e. The molecular weight excluding hydrogens is 279 g/mol. The Hall–Kier alpha value is -1.56. The predicted molar refractivity (Wildman–Crippen MR) is 77.2 cm³/mol. The van der Waals surface area contributed by atoms with Crippen LogP contribution in [0.15, 0.2) is 29.8 Å². The van der Waals surface area contributed by atoms with E-state index in [9.17, 15) is 13.2 Å². The second-order valence-corrected chi connectivity index (χ2v) is 5.09. The Morgan fingerprint density at radius 1 is 1.33 bits per heavy atom. The molecule has 21 heavy (non-hydrogen) atoms. The highest BCUT2D eigenvalue weighted by atomic mass is 19.4. The van der Waals surface area contributed by atoms with E-state index in [-0.39, 0.29) is 13.0 Å². The molecule has 0 saturated carbocycles. The van der Waals surface area contributed by atoms with Gasteiger partial charge in [0.1, 0.15) is 5.82 Å². The maximum absolute atomic E-state index is 12.6. The lowest BCUT2D eigenvalue weighted by Gasteiger charge is -2.28. The summed E-state index contributed by atoms with van der Waals surface area (Å²) in [5.41, 5.74) is 0.478. The lowest BCUT2D eigenvalue weighted by Crippen LogP contribution is -2.32. The summed E-state index contributed by atoms with van der Waals surface area (Å²) in [4.78, 5) is 6.38. The summed E-state index contributed by atoms with van der Waals surface area (Å²) < 4.78 is 37.8. The van der Waals surface area contributed by atoms with E-state index in [0.717, 1.165) is 24.5 Å². The maximum atomic E-state index is 12.6. The van der Waals surface area contributed by atoms with Crippen LogP contribution in [-0.2, 0) is 6.54 Å². The van der Waals surface area contributed by atoms with E-state index in [2.05, 4.69) is 17.2 Å². The Morgan fingerprint density at radius 2 is 2.14 bits per heavy atom. The number of anilines is 1. The molecule has 6 heteroatoms. The molecule has 0 fully saturated rings. The zero-order valence-corrected chi connectivity index (χ0v) is 12.1. The van der Waals surface area contributed by atoms with Gasteiger partial charge >= 0.3 is 6.18 Å². The first kappa shape index (κ1) is 15.8. The summed E-state index contributed by atoms with van der Waals surface area (Å²) in [6.07, 6.45) is -1.88. The van der Waals surface area contributed by atoms with E-state index >= 15 is 0 Å². The van der Waals surface area contributed by atoms with E-state index in [1.54, 1.807) is 0 Å². The Labute approximate surface area is 122 Å². The normalized spacial score (nSPS) is 16.0. The first-order chi connectivity index (χ1) is 10.0. The molecule has 2 heterocycles. The van der Waals surface area contributed by atoms with Gasteiger partial charge in [0.15, 0.2) is 0 Å². The second kappa shape index (κ2) is 6.93. The monoisotopic (exact) mass is 299 g/mol. The van der Waals surface area contributed by atoms with Crippen molar-refractivity contribution in [1.29, 1.82) is 0 Å². The fourth-order valence-electron chi connectivity index (χ4n) is 2.27. The van der Waals surface area contributed by atoms with Crippen LogP contribution < -0.4 is 10.2 Å². The quantitative estimate of drug-likeness (QED) is 0.668. The molecule has 1 N–H and O–H groups in total. The number of alkyl halides is 3. The molecule has 1 aromatic rings. The molecular formula is C15H20F3N3. The highest BCUT2D eigenvalue weighted by Gasteiger charge is 2.34. The Morgan fingerprint density at radius 3 is 2.76 bits per heavy atom. The number of nitrogens with zero attached hydrogens (tertiary/aromatic N) is 2. The van der Waals surface area contributed by atoms with E-state index < -0.39 is 11.7 Å². The summed E-state index contributed by atoms with van der Waals surface area (Å²) in [6, 6.07) is 5.66. The Kier molecular flexibility index (Phi) is 5.22. The molecule has 0 spiro atoms. The van der Waals surface area contributed by atoms with Crippen molar-refractivity contribution in [3.63, 3.8) is 0 Å². The van der Waals surface area contributed by atoms with Crippen molar-refractivity contribution in [1.82, 2.24) is 10.3 Å². The molecule has 0 atom stereocenters. The van der Waals surface area contributed by atoms with E-state index in [1.165, 1.54) is 6.08 Å². The van der Waals surface area contributed by atoms with Crippen molar-refractivity contribution in [2.75, 3.05) is 24.5 Å². The molecule has 0 amide bonds. The van der Waals surface area contributed by atoms with Crippen molar-refractivity contribution in [2.24, 2.45) is 0 Å². The van der Waals surface area contributed by atoms with E-state index in [4.69, 9.17) is 0 Å². The number of nitrogens with one attached hydrogen (secondary N) is 1. The van der Waals surface area contributed by atoms with Crippen LogP contribution in [-0.4, -0.2) is 30.8 Å². The number of aromatic nitrogens is 1. The molecule has 1 aliphatic heterocycles. The fourth-order valence-corrected chi connectivity index (χ4v) is 2.27. The van der Waals surface area contributed by atoms with Crippen molar-refractivity contribution < 1.29 is 13.2 Å². The zero-order valence-electron chi connectivity index (χ0n) is 12.1. The van der Waals surface area contributed by atoms with Gasteiger partial charge in [0.2, 0.25) is 0 Å². The third-order valence-electron chi connectivity index (χ3n) is 3.42. The van der Waals surface area contributed by atoms with Gasteiger partial charge in [-0.2, -0.15) is 13.2 Å². The highest BCUT2D eigenvalue weighted by molar-refractivity contribution is 5.42. The van der Waals surface area contributed by atoms with Gasteiger partial charge in [-0.25, -0.2) is 4.98 Å². The Balaban J connectivity index is 2.00. The lowest BCUT2D eigenvalue weighted by atomic mass is 10.1. The molecule has 0 radical (unpaired) electrons. The maximum Gasteiger partial charge on any atom is 0.412 e. The van der Waals surface area contributed by atoms with Gasteiger partial charge in [-0.3, -0.25) is 0 Å². The van der Waals surface area contributed by atoms with Gasteiger partial charge in [-0.05, 0) is 31.5 Å². The molecule has 116 valence electrons. The average molecular weight is 299 g/mol. The van der Waals surface area contributed by atoms with Crippen LogP contribution in [0.2, 0.25) is 0 Å². The topological polar surface area (TPSA) is 28.2 Å². The molecule has 0 saturated heterocycles. The van der Waals surface area contributed by atoms with Crippen LogP contribution in [0.3, 0.4) is 0 Å². The molecule has 1 aromatic heterocycles. The number of hydrogen-bond acceptors (Lipinski definition) is 3. The number of halogens is 3. The Bertz CT molecular complexity index is 497. The molecule has 2 rings (SSSR count). The van der Waals surface area contributed by atoms with Crippen molar-refractivity contribution in [2.45, 2.75) is 32.5 Å². The number of pyridine rings is 1. The van der Waals surface area contributed by atoms with Gasteiger partial charge < -0.3 is 10.2 Å². The average Bonchev–Trinajstić information content (AvgIpc) is 2.47. The summed E-state index contributed by atoms with van der Waals surface area (Å²) in [6.45, 7) is 4.31. The minimum atomic E-state index is -4.20.